The van der Waals surface area contributed by atoms with E-state index in [1.165, 1.54) is 0 Å². The highest BCUT2D eigenvalue weighted by molar-refractivity contribution is 6.33. The monoisotopic (exact) mass is 492 g/mol. The second-order valence-corrected chi connectivity index (χ2v) is 10.9. The maximum Gasteiger partial charge on any atom is 0.268 e. The number of halogens is 1. The number of fused-ring (bicyclic) bond motifs is 3. The molecule has 2 aliphatic heterocycles. The quantitative estimate of drug-likeness (QED) is 0.575. The summed E-state index contributed by atoms with van der Waals surface area (Å²) in [4.78, 5) is 46.7. The van der Waals surface area contributed by atoms with Crippen molar-refractivity contribution >= 4 is 40.2 Å². The number of hydrogen-bond donors (Lipinski definition) is 2. The number of para-hydroxylation sites is 1. The van der Waals surface area contributed by atoms with Gasteiger partial charge in [-0.3, -0.25) is 14.4 Å². The molecule has 5 rings (SSSR count). The van der Waals surface area contributed by atoms with Crippen LogP contribution in [0.4, 0.5) is 0 Å². The fourth-order valence-corrected chi connectivity index (χ4v) is 5.41. The van der Waals surface area contributed by atoms with Gasteiger partial charge in [0.15, 0.2) is 0 Å². The third-order valence-electron chi connectivity index (χ3n) is 7.05. The molecule has 1 aromatic heterocycles. The van der Waals surface area contributed by atoms with Gasteiger partial charge in [-0.05, 0) is 36.1 Å². The predicted molar refractivity (Wildman–Crippen MR) is 135 cm³/mol. The molecule has 182 valence electrons. The van der Waals surface area contributed by atoms with Gasteiger partial charge in [-0.15, -0.1) is 0 Å². The summed E-state index contributed by atoms with van der Waals surface area (Å²) in [6.45, 7) is 6.76. The molecule has 3 heterocycles. The first-order chi connectivity index (χ1) is 16.6. The van der Waals surface area contributed by atoms with Gasteiger partial charge in [0.1, 0.15) is 11.7 Å². The molecule has 2 fully saturated rings. The highest BCUT2D eigenvalue weighted by atomic mass is 35.5. The van der Waals surface area contributed by atoms with Crippen molar-refractivity contribution in [3.05, 3.63) is 70.9 Å². The highest BCUT2D eigenvalue weighted by Gasteiger charge is 2.50. The number of likely N-dealkylation sites (tertiary alicyclic amines) is 2. The Kier molecular flexibility index (Phi) is 5.83. The van der Waals surface area contributed by atoms with Crippen LogP contribution >= 0.6 is 11.6 Å². The lowest BCUT2D eigenvalue weighted by Crippen LogP contribution is -2.59. The Morgan fingerprint density at radius 1 is 1.00 bits per heavy atom. The summed E-state index contributed by atoms with van der Waals surface area (Å²) in [5.74, 6) is -0.525. The molecule has 2 aromatic carbocycles. The van der Waals surface area contributed by atoms with Crippen molar-refractivity contribution in [1.82, 2.24) is 20.1 Å². The minimum absolute atomic E-state index is 0.0576. The Balaban J connectivity index is 1.30. The van der Waals surface area contributed by atoms with Crippen molar-refractivity contribution in [2.75, 3.05) is 13.1 Å². The molecule has 0 radical (unpaired) electrons. The van der Waals surface area contributed by atoms with E-state index in [2.05, 4.69) is 10.3 Å². The molecule has 7 nitrogen and oxygen atoms in total. The van der Waals surface area contributed by atoms with Gasteiger partial charge in [-0.1, -0.05) is 62.7 Å². The number of piperazine rings is 1. The van der Waals surface area contributed by atoms with Gasteiger partial charge in [0.25, 0.3) is 11.8 Å². The molecule has 35 heavy (non-hydrogen) atoms. The first-order valence-electron chi connectivity index (χ1n) is 11.9. The predicted octanol–water partition coefficient (Wildman–Crippen LogP) is 4.09. The minimum Gasteiger partial charge on any atom is -0.351 e. The van der Waals surface area contributed by atoms with Gasteiger partial charge < -0.3 is 20.1 Å². The molecule has 0 aliphatic carbocycles. The molecule has 2 N–H and O–H groups in total. The molecule has 8 heteroatoms. The van der Waals surface area contributed by atoms with Crippen LogP contribution in [-0.2, 0) is 4.79 Å². The summed E-state index contributed by atoms with van der Waals surface area (Å²) in [6.07, 6.45) is 0.731. The van der Waals surface area contributed by atoms with Crippen LogP contribution < -0.4 is 5.32 Å². The number of aromatic amines is 1. The molecule has 2 bridgehead atoms. The van der Waals surface area contributed by atoms with Gasteiger partial charge in [-0.2, -0.15) is 0 Å². The second-order valence-electron chi connectivity index (χ2n) is 10.5. The smallest absolute Gasteiger partial charge is 0.268 e. The Bertz CT molecular complexity index is 1280. The van der Waals surface area contributed by atoms with E-state index in [1.807, 2.05) is 54.8 Å². The fourth-order valence-electron chi connectivity index (χ4n) is 5.19. The topological polar surface area (TPSA) is 85.5 Å². The van der Waals surface area contributed by atoms with Crippen molar-refractivity contribution < 1.29 is 14.4 Å². The summed E-state index contributed by atoms with van der Waals surface area (Å²) in [6, 6.07) is 15.7. The van der Waals surface area contributed by atoms with Crippen molar-refractivity contribution in [3.8, 4) is 0 Å². The summed E-state index contributed by atoms with van der Waals surface area (Å²) >= 11 is 6.24. The molecule has 0 spiro atoms. The van der Waals surface area contributed by atoms with E-state index in [1.54, 1.807) is 30.3 Å². The summed E-state index contributed by atoms with van der Waals surface area (Å²) in [7, 11) is 0. The Morgan fingerprint density at radius 3 is 2.31 bits per heavy atom. The Labute approximate surface area is 209 Å². The van der Waals surface area contributed by atoms with Gasteiger partial charge in [0, 0.05) is 24.0 Å². The summed E-state index contributed by atoms with van der Waals surface area (Å²) in [5.41, 5.74) is 1.29. The van der Waals surface area contributed by atoms with Crippen molar-refractivity contribution in [1.29, 1.82) is 0 Å². The molecule has 3 amide bonds. The van der Waals surface area contributed by atoms with Crippen LogP contribution in [0.2, 0.25) is 5.02 Å². The molecular weight excluding hydrogens is 464 g/mol. The Hall–Kier alpha value is -3.32. The normalized spacial score (nSPS) is 20.3. The van der Waals surface area contributed by atoms with Crippen LogP contribution in [-0.4, -0.2) is 63.7 Å². The van der Waals surface area contributed by atoms with Crippen LogP contribution in [0.3, 0.4) is 0 Å². The van der Waals surface area contributed by atoms with Gasteiger partial charge in [0.05, 0.1) is 22.7 Å². The zero-order valence-corrected chi connectivity index (χ0v) is 20.8. The van der Waals surface area contributed by atoms with Crippen molar-refractivity contribution in [3.63, 3.8) is 0 Å². The number of H-pyrrole nitrogens is 1. The maximum atomic E-state index is 13.7. The number of nitrogens with zero attached hydrogens (tertiary/aromatic N) is 2. The number of carbonyl (C=O) groups is 3. The Morgan fingerprint density at radius 2 is 1.66 bits per heavy atom. The molecular formula is C27H29ClN4O3. The second kappa shape index (κ2) is 8.72. The highest BCUT2D eigenvalue weighted by Crippen LogP contribution is 2.35. The lowest BCUT2D eigenvalue weighted by Gasteiger charge is -2.39. The summed E-state index contributed by atoms with van der Waals surface area (Å²) in [5, 5.41) is 4.35. The molecule has 2 aliphatic rings. The number of nitrogens with one attached hydrogen (secondary N) is 2. The van der Waals surface area contributed by atoms with Crippen LogP contribution in [0.15, 0.2) is 54.6 Å². The number of hydrogen-bond acceptors (Lipinski definition) is 3. The molecule has 3 aromatic rings. The number of amides is 3. The number of benzene rings is 2. The van der Waals surface area contributed by atoms with Crippen LogP contribution in [0.5, 0.6) is 0 Å². The SMILES string of the molecule is CC(C)(C)[C@H](NC(=O)c1cc2ccccc2[nH]1)C(=O)N1C[C@@H]2C[C@H]1CN2C(=O)c1ccccc1Cl. The average Bonchev–Trinajstić information content (AvgIpc) is 3.55. The average molecular weight is 493 g/mol. The van der Waals surface area contributed by atoms with Gasteiger partial charge >= 0.3 is 0 Å². The van der Waals surface area contributed by atoms with Crippen molar-refractivity contribution in [2.24, 2.45) is 5.41 Å². The van der Waals surface area contributed by atoms with E-state index >= 15 is 0 Å². The van der Waals surface area contributed by atoms with Crippen LogP contribution in [0.1, 0.15) is 48.0 Å². The summed E-state index contributed by atoms with van der Waals surface area (Å²) < 4.78 is 0. The largest absolute Gasteiger partial charge is 0.351 e. The lowest BCUT2D eigenvalue weighted by atomic mass is 9.85. The molecule has 0 saturated carbocycles. The zero-order chi connectivity index (χ0) is 24.9. The van der Waals surface area contributed by atoms with E-state index in [4.69, 9.17) is 11.6 Å². The van der Waals surface area contributed by atoms with Gasteiger partial charge in [0.2, 0.25) is 5.91 Å². The third-order valence-corrected chi connectivity index (χ3v) is 7.38. The van der Waals surface area contributed by atoms with E-state index in [9.17, 15) is 14.4 Å². The van der Waals surface area contributed by atoms with Crippen LogP contribution in [0.25, 0.3) is 10.9 Å². The van der Waals surface area contributed by atoms with E-state index in [0.717, 1.165) is 17.3 Å². The number of rotatable bonds is 4. The number of aromatic nitrogens is 1. The van der Waals surface area contributed by atoms with Crippen molar-refractivity contribution in [2.45, 2.75) is 45.3 Å². The first-order valence-corrected chi connectivity index (χ1v) is 12.3. The first kappa shape index (κ1) is 23.4. The third kappa shape index (κ3) is 4.29. The van der Waals surface area contributed by atoms with E-state index < -0.39 is 11.5 Å². The molecule has 0 unspecified atom stereocenters. The lowest BCUT2D eigenvalue weighted by molar-refractivity contribution is -0.138. The van der Waals surface area contributed by atoms with Gasteiger partial charge in [-0.25, -0.2) is 0 Å². The fraction of sp³-hybridized carbons (Fsp3) is 0.370. The van der Waals surface area contributed by atoms with Crippen LogP contribution in [0, 0.1) is 5.41 Å². The minimum atomic E-state index is -0.700. The number of carbonyl (C=O) groups excluding carboxylic acids is 3. The molecule has 3 atom stereocenters. The van der Waals surface area contributed by atoms with E-state index in [-0.39, 0.29) is 29.8 Å². The van der Waals surface area contributed by atoms with E-state index in [0.29, 0.717) is 29.4 Å². The zero-order valence-electron chi connectivity index (χ0n) is 20.0. The standard InChI is InChI=1S/C27H29ClN4O3/c1-27(2,3)23(30-24(33)22-12-16-8-4-7-11-21(16)29-22)26(35)32-15-17-13-18(32)14-31(17)25(34)19-9-5-6-10-20(19)28/h4-12,17-18,23,29H,13-15H2,1-3H3,(H,30,33)/t17-,18-,23+/m0/s1. The molecule has 2 saturated heterocycles. The maximum absolute atomic E-state index is 13.7.